The maximum Gasteiger partial charge on any atom is 0.356 e. The SMILES string of the molecule is O=C(O)c1cn2nc3ccncc3c2cn1. The van der Waals surface area contributed by atoms with Crippen molar-refractivity contribution in [3.8, 4) is 0 Å². The zero-order valence-corrected chi connectivity index (χ0v) is 8.03. The molecule has 0 aromatic carbocycles. The van der Waals surface area contributed by atoms with Crippen LogP contribution in [0.15, 0.2) is 30.9 Å². The van der Waals surface area contributed by atoms with Gasteiger partial charge in [0.2, 0.25) is 0 Å². The fraction of sp³-hybridized carbons (Fsp3) is 0. The van der Waals surface area contributed by atoms with E-state index in [-0.39, 0.29) is 5.69 Å². The largest absolute Gasteiger partial charge is 0.476 e. The van der Waals surface area contributed by atoms with Gasteiger partial charge in [0.15, 0.2) is 5.69 Å². The van der Waals surface area contributed by atoms with E-state index in [4.69, 9.17) is 5.11 Å². The number of nitrogens with zero attached hydrogens (tertiary/aromatic N) is 4. The fourth-order valence-electron chi connectivity index (χ4n) is 1.58. The summed E-state index contributed by atoms with van der Waals surface area (Å²) in [5.74, 6) is -1.07. The summed E-state index contributed by atoms with van der Waals surface area (Å²) in [6.45, 7) is 0. The molecular formula is C10H6N4O2. The molecule has 0 amide bonds. The zero-order chi connectivity index (χ0) is 11.1. The molecule has 78 valence electrons. The fourth-order valence-corrected chi connectivity index (χ4v) is 1.58. The van der Waals surface area contributed by atoms with Crippen molar-refractivity contribution < 1.29 is 9.90 Å². The number of pyridine rings is 1. The number of hydrogen-bond acceptors (Lipinski definition) is 4. The highest BCUT2D eigenvalue weighted by Crippen LogP contribution is 2.17. The molecule has 0 saturated carbocycles. The van der Waals surface area contributed by atoms with Gasteiger partial charge in [0.25, 0.3) is 0 Å². The normalized spacial score (nSPS) is 11.0. The average Bonchev–Trinajstić information content (AvgIpc) is 2.66. The summed E-state index contributed by atoms with van der Waals surface area (Å²) in [4.78, 5) is 18.6. The topological polar surface area (TPSA) is 80.4 Å². The van der Waals surface area contributed by atoms with Crippen LogP contribution in [0.5, 0.6) is 0 Å². The van der Waals surface area contributed by atoms with Crippen LogP contribution in [0.1, 0.15) is 10.5 Å². The Morgan fingerprint density at radius 3 is 3.06 bits per heavy atom. The Morgan fingerprint density at radius 1 is 1.38 bits per heavy atom. The monoisotopic (exact) mass is 214 g/mol. The predicted octanol–water partition coefficient (Wildman–Crippen LogP) is 0.976. The van der Waals surface area contributed by atoms with Crippen LogP contribution in [-0.4, -0.2) is 30.7 Å². The summed E-state index contributed by atoms with van der Waals surface area (Å²) in [5, 5.41) is 13.9. The lowest BCUT2D eigenvalue weighted by atomic mass is 10.3. The summed E-state index contributed by atoms with van der Waals surface area (Å²) in [5.41, 5.74) is 1.47. The minimum Gasteiger partial charge on any atom is -0.476 e. The van der Waals surface area contributed by atoms with Crippen molar-refractivity contribution in [3.05, 3.63) is 36.5 Å². The molecule has 0 fully saturated rings. The van der Waals surface area contributed by atoms with Gasteiger partial charge >= 0.3 is 5.97 Å². The highest BCUT2D eigenvalue weighted by Gasteiger charge is 2.09. The smallest absolute Gasteiger partial charge is 0.356 e. The maximum absolute atomic E-state index is 10.7. The van der Waals surface area contributed by atoms with Crippen LogP contribution in [0.4, 0.5) is 0 Å². The standard InChI is InChI=1S/C10H6N4O2/c15-10(16)8-5-14-9(4-12-8)6-3-11-2-1-7(6)13-14/h1-5H,(H,15,16). The van der Waals surface area contributed by atoms with E-state index in [1.54, 1.807) is 18.5 Å². The summed E-state index contributed by atoms with van der Waals surface area (Å²) in [6, 6.07) is 1.77. The van der Waals surface area contributed by atoms with Crippen LogP contribution < -0.4 is 0 Å². The summed E-state index contributed by atoms with van der Waals surface area (Å²) >= 11 is 0. The third-order valence-electron chi connectivity index (χ3n) is 2.33. The first kappa shape index (κ1) is 8.78. The Bertz CT molecular complexity index is 704. The van der Waals surface area contributed by atoms with E-state index in [1.165, 1.54) is 16.9 Å². The molecule has 16 heavy (non-hydrogen) atoms. The van der Waals surface area contributed by atoms with Crippen molar-refractivity contribution in [2.45, 2.75) is 0 Å². The number of fused-ring (bicyclic) bond motifs is 3. The van der Waals surface area contributed by atoms with E-state index < -0.39 is 5.97 Å². The van der Waals surface area contributed by atoms with E-state index >= 15 is 0 Å². The van der Waals surface area contributed by atoms with Gasteiger partial charge in [-0.05, 0) is 6.07 Å². The molecule has 1 N–H and O–H groups in total. The van der Waals surface area contributed by atoms with Crippen LogP contribution >= 0.6 is 0 Å². The molecule has 0 aliphatic heterocycles. The van der Waals surface area contributed by atoms with Crippen molar-refractivity contribution in [3.63, 3.8) is 0 Å². The van der Waals surface area contributed by atoms with Gasteiger partial charge in [-0.1, -0.05) is 0 Å². The molecule has 6 heteroatoms. The predicted molar refractivity (Wildman–Crippen MR) is 55.2 cm³/mol. The number of carboxylic acid groups (broad SMARTS) is 1. The molecule has 0 spiro atoms. The molecule has 0 unspecified atom stereocenters. The average molecular weight is 214 g/mol. The van der Waals surface area contributed by atoms with Crippen molar-refractivity contribution in [1.29, 1.82) is 0 Å². The second-order valence-corrected chi connectivity index (χ2v) is 3.30. The lowest BCUT2D eigenvalue weighted by Crippen LogP contribution is -2.02. The Balaban J connectivity index is 2.41. The van der Waals surface area contributed by atoms with Crippen molar-refractivity contribution >= 4 is 22.4 Å². The van der Waals surface area contributed by atoms with Crippen LogP contribution in [0, 0.1) is 0 Å². The van der Waals surface area contributed by atoms with Gasteiger partial charge in [-0.15, -0.1) is 0 Å². The molecule has 0 bridgehead atoms. The number of carboxylic acids is 1. The Labute approximate surface area is 89.2 Å². The van der Waals surface area contributed by atoms with Gasteiger partial charge in [-0.3, -0.25) is 4.98 Å². The minimum absolute atomic E-state index is 0.0340. The zero-order valence-electron chi connectivity index (χ0n) is 8.03. The van der Waals surface area contributed by atoms with Crippen LogP contribution in [0.25, 0.3) is 16.4 Å². The first-order valence-electron chi connectivity index (χ1n) is 4.57. The third kappa shape index (κ3) is 1.13. The number of rotatable bonds is 1. The molecule has 0 radical (unpaired) electrons. The van der Waals surface area contributed by atoms with Gasteiger partial charge < -0.3 is 5.11 Å². The Kier molecular flexibility index (Phi) is 1.64. The molecule has 0 aliphatic carbocycles. The molecule has 0 aliphatic rings. The minimum atomic E-state index is -1.07. The van der Waals surface area contributed by atoms with Crippen LogP contribution in [0.2, 0.25) is 0 Å². The lowest BCUT2D eigenvalue weighted by Gasteiger charge is -1.94. The third-order valence-corrected chi connectivity index (χ3v) is 2.33. The number of hydrogen-bond donors (Lipinski definition) is 1. The Hall–Kier alpha value is -2.50. The summed E-state index contributed by atoms with van der Waals surface area (Å²) in [7, 11) is 0. The van der Waals surface area contributed by atoms with Crippen molar-refractivity contribution in [1.82, 2.24) is 19.6 Å². The Morgan fingerprint density at radius 2 is 2.25 bits per heavy atom. The van der Waals surface area contributed by atoms with Crippen LogP contribution in [0.3, 0.4) is 0 Å². The van der Waals surface area contributed by atoms with Crippen molar-refractivity contribution in [2.24, 2.45) is 0 Å². The van der Waals surface area contributed by atoms with Gasteiger partial charge in [0, 0.05) is 17.8 Å². The number of carbonyl (C=O) groups is 1. The molecule has 3 rings (SSSR count). The van der Waals surface area contributed by atoms with Gasteiger partial charge in [-0.25, -0.2) is 14.3 Å². The van der Waals surface area contributed by atoms with Gasteiger partial charge in [0.05, 0.1) is 23.4 Å². The molecular weight excluding hydrogens is 208 g/mol. The molecule has 3 aromatic heterocycles. The van der Waals surface area contributed by atoms with E-state index in [0.717, 1.165) is 16.4 Å². The van der Waals surface area contributed by atoms with E-state index in [1.807, 2.05) is 0 Å². The lowest BCUT2D eigenvalue weighted by molar-refractivity contribution is 0.0689. The number of aromatic nitrogens is 4. The quantitative estimate of drug-likeness (QED) is 0.653. The molecule has 0 atom stereocenters. The van der Waals surface area contributed by atoms with E-state index in [9.17, 15) is 4.79 Å². The number of aromatic carboxylic acids is 1. The second kappa shape index (κ2) is 2.99. The van der Waals surface area contributed by atoms with E-state index in [0.29, 0.717) is 0 Å². The van der Waals surface area contributed by atoms with Crippen molar-refractivity contribution in [2.75, 3.05) is 0 Å². The highest BCUT2D eigenvalue weighted by molar-refractivity contribution is 5.94. The molecule has 3 heterocycles. The first-order chi connectivity index (χ1) is 7.75. The summed E-state index contributed by atoms with van der Waals surface area (Å²) < 4.78 is 1.50. The maximum atomic E-state index is 10.7. The molecule has 3 aromatic rings. The van der Waals surface area contributed by atoms with E-state index in [2.05, 4.69) is 15.1 Å². The molecule has 6 nitrogen and oxygen atoms in total. The van der Waals surface area contributed by atoms with Crippen LogP contribution in [-0.2, 0) is 0 Å². The highest BCUT2D eigenvalue weighted by atomic mass is 16.4. The summed E-state index contributed by atoms with van der Waals surface area (Å²) in [6.07, 6.45) is 6.19. The van der Waals surface area contributed by atoms with Gasteiger partial charge in [0.1, 0.15) is 0 Å². The molecule has 0 saturated heterocycles. The first-order valence-corrected chi connectivity index (χ1v) is 4.57. The second-order valence-electron chi connectivity index (χ2n) is 3.30. The van der Waals surface area contributed by atoms with Gasteiger partial charge in [-0.2, -0.15) is 5.10 Å².